The summed E-state index contributed by atoms with van der Waals surface area (Å²) >= 11 is 0. The predicted octanol–water partition coefficient (Wildman–Crippen LogP) is 1.43. The Morgan fingerprint density at radius 3 is 2.70 bits per heavy atom. The molecule has 0 radical (unpaired) electrons. The molecular formula is C17H20N6. The molecule has 3 heterocycles. The highest BCUT2D eigenvalue weighted by molar-refractivity contribution is 5.56. The smallest absolute Gasteiger partial charge is 0.254 e. The van der Waals surface area contributed by atoms with Crippen LogP contribution in [0.15, 0.2) is 36.7 Å². The van der Waals surface area contributed by atoms with Crippen LogP contribution in [0.5, 0.6) is 0 Å². The molecule has 0 amide bonds. The molecule has 0 aliphatic carbocycles. The van der Waals surface area contributed by atoms with E-state index >= 15 is 0 Å². The predicted molar refractivity (Wildman–Crippen MR) is 89.8 cm³/mol. The van der Waals surface area contributed by atoms with E-state index in [-0.39, 0.29) is 0 Å². The van der Waals surface area contributed by atoms with Crippen molar-refractivity contribution in [2.24, 2.45) is 0 Å². The first-order valence-electron chi connectivity index (χ1n) is 8.02. The lowest BCUT2D eigenvalue weighted by molar-refractivity contribution is 0.577. The van der Waals surface area contributed by atoms with Crippen molar-refractivity contribution in [3.63, 3.8) is 0 Å². The van der Waals surface area contributed by atoms with Gasteiger partial charge in [-0.15, -0.1) is 0 Å². The van der Waals surface area contributed by atoms with Crippen LogP contribution in [-0.2, 0) is 6.42 Å². The molecule has 0 unspecified atom stereocenters. The van der Waals surface area contributed by atoms with Crippen LogP contribution < -0.4 is 10.2 Å². The lowest BCUT2D eigenvalue weighted by atomic mass is 10.0. The van der Waals surface area contributed by atoms with E-state index in [1.807, 2.05) is 10.6 Å². The fraction of sp³-hybridized carbons (Fsp3) is 0.353. The topological polar surface area (TPSA) is 58.4 Å². The normalized spacial score (nSPS) is 15.3. The van der Waals surface area contributed by atoms with Crippen LogP contribution in [0.3, 0.4) is 0 Å². The molecule has 2 aromatic heterocycles. The van der Waals surface area contributed by atoms with Crippen molar-refractivity contribution in [1.29, 1.82) is 0 Å². The third-order valence-electron chi connectivity index (χ3n) is 4.34. The molecular weight excluding hydrogens is 288 g/mol. The van der Waals surface area contributed by atoms with Crippen molar-refractivity contribution >= 4 is 11.6 Å². The first-order valence-corrected chi connectivity index (χ1v) is 8.02. The van der Waals surface area contributed by atoms with Gasteiger partial charge in [0.15, 0.2) is 0 Å². The highest BCUT2D eigenvalue weighted by atomic mass is 15.4. The minimum Gasteiger partial charge on any atom is -0.354 e. The van der Waals surface area contributed by atoms with Crippen LogP contribution in [0.25, 0.3) is 5.78 Å². The van der Waals surface area contributed by atoms with Crippen molar-refractivity contribution in [1.82, 2.24) is 24.9 Å². The number of fused-ring (bicyclic) bond motifs is 1. The molecule has 0 saturated carbocycles. The van der Waals surface area contributed by atoms with Crippen LogP contribution in [0.4, 0.5) is 5.82 Å². The summed E-state index contributed by atoms with van der Waals surface area (Å²) in [4.78, 5) is 11.3. The van der Waals surface area contributed by atoms with E-state index in [1.165, 1.54) is 11.1 Å². The van der Waals surface area contributed by atoms with Crippen LogP contribution in [0, 0.1) is 6.92 Å². The minimum absolute atomic E-state index is 0.674. The van der Waals surface area contributed by atoms with Crippen LogP contribution in [-0.4, -0.2) is 45.8 Å². The number of aromatic nitrogens is 4. The van der Waals surface area contributed by atoms with E-state index in [1.54, 1.807) is 6.33 Å². The molecule has 6 nitrogen and oxygen atoms in total. The van der Waals surface area contributed by atoms with E-state index in [4.69, 9.17) is 0 Å². The fourth-order valence-corrected chi connectivity index (χ4v) is 3.18. The SMILES string of the molecule is Cc1nc2ncnn2c(N2CCNCC2)c1Cc1ccccc1. The number of hydrogen-bond acceptors (Lipinski definition) is 5. The van der Waals surface area contributed by atoms with E-state index in [0.29, 0.717) is 5.78 Å². The Hall–Kier alpha value is -2.47. The van der Waals surface area contributed by atoms with E-state index in [0.717, 1.165) is 44.1 Å². The summed E-state index contributed by atoms with van der Waals surface area (Å²) in [6.45, 7) is 5.99. The maximum Gasteiger partial charge on any atom is 0.254 e. The quantitative estimate of drug-likeness (QED) is 0.793. The number of rotatable bonds is 3. The summed E-state index contributed by atoms with van der Waals surface area (Å²) in [6, 6.07) is 10.5. The van der Waals surface area contributed by atoms with Crippen molar-refractivity contribution in [2.75, 3.05) is 31.1 Å². The Kier molecular flexibility index (Phi) is 3.67. The monoisotopic (exact) mass is 308 g/mol. The Labute approximate surface area is 135 Å². The number of benzene rings is 1. The molecule has 118 valence electrons. The minimum atomic E-state index is 0.674. The van der Waals surface area contributed by atoms with E-state index < -0.39 is 0 Å². The molecule has 23 heavy (non-hydrogen) atoms. The van der Waals surface area contributed by atoms with Gasteiger partial charge in [-0.1, -0.05) is 30.3 Å². The van der Waals surface area contributed by atoms with Crippen molar-refractivity contribution in [3.05, 3.63) is 53.5 Å². The maximum absolute atomic E-state index is 4.63. The molecule has 1 aliphatic heterocycles. The zero-order valence-electron chi connectivity index (χ0n) is 13.2. The van der Waals surface area contributed by atoms with Gasteiger partial charge in [0.2, 0.25) is 0 Å². The van der Waals surface area contributed by atoms with Crippen molar-refractivity contribution in [2.45, 2.75) is 13.3 Å². The van der Waals surface area contributed by atoms with Gasteiger partial charge in [-0.3, -0.25) is 0 Å². The van der Waals surface area contributed by atoms with Gasteiger partial charge in [0, 0.05) is 43.9 Å². The first kappa shape index (κ1) is 14.1. The second-order valence-electron chi connectivity index (χ2n) is 5.87. The zero-order valence-corrected chi connectivity index (χ0v) is 13.2. The summed E-state index contributed by atoms with van der Waals surface area (Å²) in [5.41, 5.74) is 3.55. The van der Waals surface area contributed by atoms with Gasteiger partial charge in [0.05, 0.1) is 0 Å². The Balaban J connectivity index is 1.85. The Morgan fingerprint density at radius 1 is 1.13 bits per heavy atom. The Bertz CT molecular complexity index is 805. The number of nitrogens with zero attached hydrogens (tertiary/aromatic N) is 5. The molecule has 1 aromatic carbocycles. The van der Waals surface area contributed by atoms with Gasteiger partial charge in [0.1, 0.15) is 12.1 Å². The third kappa shape index (κ3) is 2.66. The highest BCUT2D eigenvalue weighted by Gasteiger charge is 2.21. The van der Waals surface area contributed by atoms with Gasteiger partial charge in [-0.25, -0.2) is 4.98 Å². The molecule has 3 aromatic rings. The first-order chi connectivity index (χ1) is 11.3. The summed E-state index contributed by atoms with van der Waals surface area (Å²) in [6.07, 6.45) is 2.44. The van der Waals surface area contributed by atoms with Crippen molar-refractivity contribution < 1.29 is 0 Å². The molecule has 1 fully saturated rings. The summed E-state index contributed by atoms with van der Waals surface area (Å²) in [5.74, 6) is 1.81. The molecule has 0 atom stereocenters. The molecule has 1 aliphatic rings. The molecule has 4 rings (SSSR count). The van der Waals surface area contributed by atoms with Crippen LogP contribution in [0.2, 0.25) is 0 Å². The summed E-state index contributed by atoms with van der Waals surface area (Å²) in [5, 5.41) is 7.83. The fourth-order valence-electron chi connectivity index (χ4n) is 3.18. The van der Waals surface area contributed by atoms with Crippen LogP contribution >= 0.6 is 0 Å². The average molecular weight is 308 g/mol. The van der Waals surface area contributed by atoms with Gasteiger partial charge < -0.3 is 10.2 Å². The van der Waals surface area contributed by atoms with Crippen molar-refractivity contribution in [3.8, 4) is 0 Å². The Morgan fingerprint density at radius 2 is 1.91 bits per heavy atom. The third-order valence-corrected chi connectivity index (χ3v) is 4.34. The molecule has 6 heteroatoms. The zero-order chi connectivity index (χ0) is 15.6. The number of piperazine rings is 1. The van der Waals surface area contributed by atoms with E-state index in [9.17, 15) is 0 Å². The molecule has 0 spiro atoms. The highest BCUT2D eigenvalue weighted by Crippen LogP contribution is 2.26. The largest absolute Gasteiger partial charge is 0.354 e. The van der Waals surface area contributed by atoms with Gasteiger partial charge in [-0.05, 0) is 12.5 Å². The molecule has 1 N–H and O–H groups in total. The van der Waals surface area contributed by atoms with E-state index in [2.05, 4.69) is 56.5 Å². The van der Waals surface area contributed by atoms with Crippen LogP contribution in [0.1, 0.15) is 16.8 Å². The summed E-state index contributed by atoms with van der Waals surface area (Å²) in [7, 11) is 0. The second-order valence-corrected chi connectivity index (χ2v) is 5.87. The average Bonchev–Trinajstić information content (AvgIpc) is 3.05. The van der Waals surface area contributed by atoms with Gasteiger partial charge in [0.25, 0.3) is 5.78 Å². The number of nitrogens with one attached hydrogen (secondary N) is 1. The second kappa shape index (κ2) is 5.96. The molecule has 0 bridgehead atoms. The molecule has 1 saturated heterocycles. The van der Waals surface area contributed by atoms with Gasteiger partial charge in [-0.2, -0.15) is 14.6 Å². The maximum atomic E-state index is 4.63. The lowest BCUT2D eigenvalue weighted by Gasteiger charge is -2.31. The summed E-state index contributed by atoms with van der Waals surface area (Å²) < 4.78 is 1.89. The standard InChI is InChI=1S/C17H20N6/c1-13-15(11-14-5-3-2-4-6-14)16(22-9-7-18-8-10-22)23-17(21-13)19-12-20-23/h2-6,12,18H,7-11H2,1H3. The lowest BCUT2D eigenvalue weighted by Crippen LogP contribution is -2.45. The van der Waals surface area contributed by atoms with Gasteiger partial charge >= 0.3 is 0 Å². The number of hydrogen-bond donors (Lipinski definition) is 1. The number of aryl methyl sites for hydroxylation is 1. The number of anilines is 1.